The average molecular weight is 247 g/mol. The smallest absolute Gasteiger partial charge is 0.0471 e. The molecule has 0 aliphatic heterocycles. The highest BCUT2D eigenvalue weighted by molar-refractivity contribution is 5.33. The van der Waals surface area contributed by atoms with Gasteiger partial charge in [0.25, 0.3) is 0 Å². The third-order valence-corrected chi connectivity index (χ3v) is 4.01. The molecule has 0 amide bonds. The second kappa shape index (κ2) is 6.91. The van der Waals surface area contributed by atoms with Crippen molar-refractivity contribution in [3.8, 4) is 0 Å². The lowest BCUT2D eigenvalue weighted by Gasteiger charge is -2.17. The van der Waals surface area contributed by atoms with Gasteiger partial charge in [-0.05, 0) is 54.7 Å². The summed E-state index contributed by atoms with van der Waals surface area (Å²) < 4.78 is 0. The lowest BCUT2D eigenvalue weighted by atomic mass is 9.90. The Hall–Kier alpha value is -0.860. The van der Waals surface area contributed by atoms with Crippen molar-refractivity contribution in [3.63, 3.8) is 0 Å². The minimum atomic E-state index is 0.285. The number of aryl methyl sites for hydroxylation is 2. The van der Waals surface area contributed by atoms with Gasteiger partial charge in [0.05, 0.1) is 0 Å². The van der Waals surface area contributed by atoms with Crippen molar-refractivity contribution in [2.24, 2.45) is 5.92 Å². The fourth-order valence-electron chi connectivity index (χ4n) is 2.66. The van der Waals surface area contributed by atoms with E-state index >= 15 is 0 Å². The minimum absolute atomic E-state index is 0.285. The first-order chi connectivity index (χ1) is 8.83. The quantitative estimate of drug-likeness (QED) is 0.810. The van der Waals surface area contributed by atoms with Crippen LogP contribution in [0, 0.1) is 5.92 Å². The second-order valence-electron chi connectivity index (χ2n) is 5.40. The van der Waals surface area contributed by atoms with Crippen LogP contribution in [0.15, 0.2) is 18.2 Å². The van der Waals surface area contributed by atoms with Gasteiger partial charge >= 0.3 is 0 Å². The van der Waals surface area contributed by atoms with Crippen LogP contribution in [-0.2, 0) is 19.4 Å². The molecule has 1 aliphatic rings. The highest BCUT2D eigenvalue weighted by Gasteiger charge is 2.09. The van der Waals surface area contributed by atoms with Crippen LogP contribution in [-0.4, -0.2) is 18.3 Å². The molecule has 2 heteroatoms. The van der Waals surface area contributed by atoms with E-state index in [1.807, 2.05) is 0 Å². The molecule has 2 rings (SSSR count). The maximum absolute atomic E-state index is 9.14. The summed E-state index contributed by atoms with van der Waals surface area (Å²) in [6.45, 7) is 4.24. The molecule has 18 heavy (non-hydrogen) atoms. The third kappa shape index (κ3) is 3.56. The fraction of sp³-hybridized carbons (Fsp3) is 0.625. The highest BCUT2D eigenvalue weighted by atomic mass is 16.3. The molecule has 1 aromatic carbocycles. The first-order valence-corrected chi connectivity index (χ1v) is 7.25. The molecule has 0 aromatic heterocycles. The number of rotatable bonds is 6. The maximum Gasteiger partial charge on any atom is 0.0471 e. The number of nitrogens with one attached hydrogen (secondary N) is 1. The molecule has 0 heterocycles. The monoisotopic (exact) mass is 247 g/mol. The Balaban J connectivity index is 1.86. The molecule has 2 N–H and O–H groups in total. The number of fused-ring (bicyclic) bond motifs is 1. The van der Waals surface area contributed by atoms with Crippen molar-refractivity contribution < 1.29 is 5.11 Å². The molecule has 1 aromatic rings. The van der Waals surface area contributed by atoms with Gasteiger partial charge in [0.2, 0.25) is 0 Å². The van der Waals surface area contributed by atoms with Crippen molar-refractivity contribution in [1.29, 1.82) is 0 Å². The zero-order valence-electron chi connectivity index (χ0n) is 11.4. The SMILES string of the molecule is CCC(CO)CNCc1ccc2c(c1)CCCC2. The van der Waals surface area contributed by atoms with Crippen LogP contribution in [0.2, 0.25) is 0 Å². The number of aliphatic hydroxyl groups excluding tert-OH is 1. The van der Waals surface area contributed by atoms with Crippen LogP contribution in [0.25, 0.3) is 0 Å². The third-order valence-electron chi connectivity index (χ3n) is 4.01. The largest absolute Gasteiger partial charge is 0.396 e. The summed E-state index contributed by atoms with van der Waals surface area (Å²) in [6, 6.07) is 6.91. The molecule has 1 unspecified atom stereocenters. The molecule has 0 saturated carbocycles. The molecule has 1 atom stereocenters. The van der Waals surface area contributed by atoms with Gasteiger partial charge in [0, 0.05) is 19.7 Å². The summed E-state index contributed by atoms with van der Waals surface area (Å²) in [5.74, 6) is 0.391. The summed E-state index contributed by atoms with van der Waals surface area (Å²) in [7, 11) is 0. The van der Waals surface area contributed by atoms with Gasteiger partial charge in [-0.15, -0.1) is 0 Å². The molecular weight excluding hydrogens is 222 g/mol. The number of hydrogen-bond acceptors (Lipinski definition) is 2. The van der Waals surface area contributed by atoms with Gasteiger partial charge < -0.3 is 10.4 Å². The van der Waals surface area contributed by atoms with Crippen molar-refractivity contribution in [2.75, 3.05) is 13.2 Å². The average Bonchev–Trinajstić information content (AvgIpc) is 2.43. The van der Waals surface area contributed by atoms with Crippen molar-refractivity contribution in [3.05, 3.63) is 34.9 Å². The Morgan fingerprint density at radius 3 is 2.72 bits per heavy atom. The van der Waals surface area contributed by atoms with Gasteiger partial charge in [-0.1, -0.05) is 25.1 Å². The maximum atomic E-state index is 9.14. The standard InChI is InChI=1S/C16H25NO/c1-2-13(12-18)10-17-11-14-7-8-15-5-3-4-6-16(15)9-14/h7-9,13,17-18H,2-6,10-12H2,1H3. The molecule has 2 nitrogen and oxygen atoms in total. The highest BCUT2D eigenvalue weighted by Crippen LogP contribution is 2.22. The van der Waals surface area contributed by atoms with E-state index in [1.54, 1.807) is 11.1 Å². The zero-order chi connectivity index (χ0) is 12.8. The Morgan fingerprint density at radius 1 is 1.22 bits per heavy atom. The van der Waals surface area contributed by atoms with Gasteiger partial charge in [-0.3, -0.25) is 0 Å². The van der Waals surface area contributed by atoms with Crippen LogP contribution in [0.4, 0.5) is 0 Å². The summed E-state index contributed by atoms with van der Waals surface area (Å²) in [5, 5.41) is 12.6. The van der Waals surface area contributed by atoms with Crippen molar-refractivity contribution in [1.82, 2.24) is 5.32 Å². The van der Waals surface area contributed by atoms with Gasteiger partial charge in [-0.2, -0.15) is 0 Å². The van der Waals surface area contributed by atoms with Crippen LogP contribution in [0.3, 0.4) is 0 Å². The Bertz CT molecular complexity index is 371. The predicted octanol–water partition coefficient (Wildman–Crippen LogP) is 2.67. The topological polar surface area (TPSA) is 32.3 Å². The second-order valence-corrected chi connectivity index (χ2v) is 5.40. The molecule has 0 radical (unpaired) electrons. The number of hydrogen-bond donors (Lipinski definition) is 2. The molecule has 0 fully saturated rings. The van der Waals surface area contributed by atoms with Gasteiger partial charge in [-0.25, -0.2) is 0 Å². The summed E-state index contributed by atoms with van der Waals surface area (Å²) in [5.41, 5.74) is 4.48. The van der Waals surface area contributed by atoms with E-state index in [0.717, 1.165) is 19.5 Å². The van der Waals surface area contributed by atoms with E-state index < -0.39 is 0 Å². The predicted molar refractivity (Wildman–Crippen MR) is 75.7 cm³/mol. The van der Waals surface area contributed by atoms with Crippen molar-refractivity contribution >= 4 is 0 Å². The van der Waals surface area contributed by atoms with Crippen LogP contribution in [0.1, 0.15) is 42.9 Å². The first kappa shape index (κ1) is 13.6. The van der Waals surface area contributed by atoms with Crippen LogP contribution >= 0.6 is 0 Å². The van der Waals surface area contributed by atoms with E-state index in [4.69, 9.17) is 5.11 Å². The Labute approximate surface area is 110 Å². The molecular formula is C16H25NO. The summed E-state index contributed by atoms with van der Waals surface area (Å²) in [4.78, 5) is 0. The number of aliphatic hydroxyl groups is 1. The molecule has 100 valence electrons. The van der Waals surface area contributed by atoms with Gasteiger partial charge in [0.15, 0.2) is 0 Å². The van der Waals surface area contributed by atoms with E-state index in [9.17, 15) is 0 Å². The summed E-state index contributed by atoms with van der Waals surface area (Å²) in [6.07, 6.45) is 6.22. The molecule has 0 bridgehead atoms. The van der Waals surface area contributed by atoms with Gasteiger partial charge in [0.1, 0.15) is 0 Å². The van der Waals surface area contributed by atoms with E-state index in [-0.39, 0.29) is 6.61 Å². The van der Waals surface area contributed by atoms with E-state index in [1.165, 1.54) is 31.2 Å². The lowest BCUT2D eigenvalue weighted by molar-refractivity contribution is 0.218. The number of benzene rings is 1. The van der Waals surface area contributed by atoms with E-state index in [0.29, 0.717) is 5.92 Å². The first-order valence-electron chi connectivity index (χ1n) is 7.25. The summed E-state index contributed by atoms with van der Waals surface area (Å²) >= 11 is 0. The van der Waals surface area contributed by atoms with E-state index in [2.05, 4.69) is 30.4 Å². The fourth-order valence-corrected chi connectivity index (χ4v) is 2.66. The normalized spacial score (nSPS) is 16.3. The van der Waals surface area contributed by atoms with Crippen LogP contribution < -0.4 is 5.32 Å². The van der Waals surface area contributed by atoms with Crippen molar-refractivity contribution in [2.45, 2.75) is 45.6 Å². The molecule has 1 aliphatic carbocycles. The zero-order valence-corrected chi connectivity index (χ0v) is 11.4. The minimum Gasteiger partial charge on any atom is -0.396 e. The Kier molecular flexibility index (Phi) is 5.21. The van der Waals surface area contributed by atoms with Crippen LogP contribution in [0.5, 0.6) is 0 Å². The Morgan fingerprint density at radius 2 is 2.00 bits per heavy atom. The molecule has 0 saturated heterocycles. The molecule has 0 spiro atoms. The lowest BCUT2D eigenvalue weighted by Crippen LogP contribution is -2.24.